The lowest BCUT2D eigenvalue weighted by molar-refractivity contribution is -0.139. The van der Waals surface area contributed by atoms with Crippen LogP contribution >= 0.6 is 11.3 Å². The van der Waals surface area contributed by atoms with Gasteiger partial charge in [-0.05, 0) is 56.7 Å². The maximum Gasteiger partial charge on any atom is 0.338 e. The number of rotatable bonds is 9. The summed E-state index contributed by atoms with van der Waals surface area (Å²) in [5, 5.41) is 0.928. The molecular weight excluding hydrogens is 621 g/mol. The van der Waals surface area contributed by atoms with E-state index in [0.29, 0.717) is 50.0 Å². The molecule has 0 unspecified atom stereocenters. The number of fused-ring (bicyclic) bond motifs is 2. The van der Waals surface area contributed by atoms with E-state index in [1.807, 2.05) is 43.3 Å². The van der Waals surface area contributed by atoms with Crippen LogP contribution in [0.5, 0.6) is 17.2 Å². The van der Waals surface area contributed by atoms with Gasteiger partial charge in [0.2, 0.25) is 5.75 Å². The second-order valence-electron chi connectivity index (χ2n) is 11.0. The number of allylic oxidation sites excluding steroid dienone is 1. The predicted octanol–water partition coefficient (Wildman–Crippen LogP) is 5.27. The SMILES string of the molecule is CCOC(=O)C1=C(C)N=c2s/c(=C\c3c(C)n(Cc4ccccc4F)c4ccccc34)c(=O)n2[C@@H]1c1cc(OC)c(OC)c(OC)c1. The molecule has 5 aromatic rings. The second-order valence-corrected chi connectivity index (χ2v) is 12.0. The first-order valence-electron chi connectivity index (χ1n) is 15.0. The number of esters is 1. The molecule has 0 radical (unpaired) electrons. The molecule has 0 aliphatic carbocycles. The molecule has 47 heavy (non-hydrogen) atoms. The van der Waals surface area contributed by atoms with Crippen LogP contribution in [0.1, 0.15) is 42.3 Å². The monoisotopic (exact) mass is 655 g/mol. The van der Waals surface area contributed by atoms with Gasteiger partial charge in [0.05, 0.1) is 56.3 Å². The zero-order chi connectivity index (χ0) is 33.4. The molecule has 1 atom stereocenters. The van der Waals surface area contributed by atoms with Crippen LogP contribution in [0.4, 0.5) is 4.39 Å². The number of ether oxygens (including phenoxy) is 4. The van der Waals surface area contributed by atoms with Crippen molar-refractivity contribution in [2.75, 3.05) is 27.9 Å². The third-order valence-electron chi connectivity index (χ3n) is 8.36. The Bertz CT molecular complexity index is 2220. The van der Waals surface area contributed by atoms with Crippen molar-refractivity contribution < 1.29 is 28.1 Å². The summed E-state index contributed by atoms with van der Waals surface area (Å²) >= 11 is 1.23. The van der Waals surface area contributed by atoms with Crippen molar-refractivity contribution in [3.8, 4) is 17.2 Å². The van der Waals surface area contributed by atoms with Gasteiger partial charge in [0.25, 0.3) is 5.56 Å². The lowest BCUT2D eigenvalue weighted by Gasteiger charge is -2.26. The highest BCUT2D eigenvalue weighted by molar-refractivity contribution is 7.07. The number of benzene rings is 3. The summed E-state index contributed by atoms with van der Waals surface area (Å²) in [6, 6.07) is 17.1. The summed E-state index contributed by atoms with van der Waals surface area (Å²) in [7, 11) is 4.52. The van der Waals surface area contributed by atoms with Gasteiger partial charge < -0.3 is 23.5 Å². The Morgan fingerprint density at radius 3 is 2.34 bits per heavy atom. The average molecular weight is 656 g/mol. The standard InChI is InChI=1S/C36H34FN3O6S/c1-7-46-35(42)31-20(2)38-36-40(32(31)23-16-28(43-4)33(45-6)29(17-23)44-5)34(41)30(47-36)18-25-21(3)39(27-15-11-9-13-24(25)27)19-22-12-8-10-14-26(22)37/h8-18,32H,7,19H2,1-6H3/b30-18-/t32-/m1/s1. The number of halogens is 1. The molecule has 1 aliphatic rings. The van der Waals surface area contributed by atoms with Gasteiger partial charge in [0.1, 0.15) is 5.82 Å². The second kappa shape index (κ2) is 12.9. The molecule has 3 aromatic carbocycles. The van der Waals surface area contributed by atoms with Crippen LogP contribution in [-0.2, 0) is 16.1 Å². The van der Waals surface area contributed by atoms with Crippen LogP contribution < -0.4 is 29.1 Å². The molecule has 242 valence electrons. The zero-order valence-corrected chi connectivity index (χ0v) is 27.7. The highest BCUT2D eigenvalue weighted by Gasteiger charge is 2.35. The predicted molar refractivity (Wildman–Crippen MR) is 179 cm³/mol. The largest absolute Gasteiger partial charge is 0.493 e. The van der Waals surface area contributed by atoms with Gasteiger partial charge in [0, 0.05) is 27.7 Å². The number of carbonyl (C=O) groups excluding carboxylic acids is 1. The Balaban J connectivity index is 1.58. The molecule has 6 rings (SSSR count). The van der Waals surface area contributed by atoms with Crippen LogP contribution in [0.15, 0.2) is 81.7 Å². The van der Waals surface area contributed by atoms with E-state index >= 15 is 0 Å². The number of nitrogens with zero attached hydrogens (tertiary/aromatic N) is 3. The van der Waals surface area contributed by atoms with Crippen molar-refractivity contribution in [3.05, 3.63) is 120 Å². The fraction of sp³-hybridized carbons (Fsp3) is 0.250. The first-order chi connectivity index (χ1) is 22.7. The van der Waals surface area contributed by atoms with Crippen LogP contribution in [0.2, 0.25) is 0 Å². The Morgan fingerprint density at radius 1 is 1.00 bits per heavy atom. The van der Waals surface area contributed by atoms with Crippen molar-refractivity contribution in [1.29, 1.82) is 0 Å². The Hall–Kier alpha value is -5.16. The number of thiazole rings is 1. The maximum atomic E-state index is 14.7. The molecule has 3 heterocycles. The fourth-order valence-corrected chi connectivity index (χ4v) is 7.17. The van der Waals surface area contributed by atoms with Gasteiger partial charge in [0.15, 0.2) is 16.3 Å². The first kappa shape index (κ1) is 31.8. The molecule has 0 bridgehead atoms. The lowest BCUT2D eigenvalue weighted by atomic mass is 9.95. The van der Waals surface area contributed by atoms with Gasteiger partial charge in [-0.2, -0.15) is 0 Å². The number of aromatic nitrogens is 2. The number of carbonyl (C=O) groups is 1. The van der Waals surface area contributed by atoms with Crippen molar-refractivity contribution in [2.24, 2.45) is 4.99 Å². The topological polar surface area (TPSA) is 93.3 Å². The molecule has 0 amide bonds. The molecule has 0 fully saturated rings. The quantitative estimate of drug-likeness (QED) is 0.201. The van der Waals surface area contributed by atoms with Gasteiger partial charge in [-0.25, -0.2) is 14.2 Å². The fourth-order valence-electron chi connectivity index (χ4n) is 6.14. The number of methoxy groups -OCH3 is 3. The van der Waals surface area contributed by atoms with Crippen molar-refractivity contribution in [3.63, 3.8) is 0 Å². The van der Waals surface area contributed by atoms with Gasteiger partial charge >= 0.3 is 5.97 Å². The van der Waals surface area contributed by atoms with Gasteiger partial charge in [-0.15, -0.1) is 0 Å². The Kier molecular flexibility index (Phi) is 8.74. The number of hydrogen-bond donors (Lipinski definition) is 0. The highest BCUT2D eigenvalue weighted by atomic mass is 32.1. The van der Waals surface area contributed by atoms with Crippen LogP contribution in [0, 0.1) is 12.7 Å². The summed E-state index contributed by atoms with van der Waals surface area (Å²) < 4.78 is 40.9. The number of hydrogen-bond acceptors (Lipinski definition) is 8. The summed E-state index contributed by atoms with van der Waals surface area (Å²) in [6.45, 7) is 5.90. The van der Waals surface area contributed by atoms with E-state index in [1.54, 1.807) is 38.1 Å². The molecule has 1 aliphatic heterocycles. The normalized spacial score (nSPS) is 14.6. The van der Waals surface area contributed by atoms with Crippen LogP contribution in [0.3, 0.4) is 0 Å². The smallest absolute Gasteiger partial charge is 0.338 e. The van der Waals surface area contributed by atoms with E-state index in [0.717, 1.165) is 22.2 Å². The van der Waals surface area contributed by atoms with E-state index in [4.69, 9.17) is 23.9 Å². The lowest BCUT2D eigenvalue weighted by Crippen LogP contribution is -2.40. The van der Waals surface area contributed by atoms with Gasteiger partial charge in [-0.1, -0.05) is 47.7 Å². The van der Waals surface area contributed by atoms with Crippen LogP contribution in [0.25, 0.3) is 17.0 Å². The first-order valence-corrected chi connectivity index (χ1v) is 15.8. The molecule has 0 saturated carbocycles. The third kappa shape index (κ3) is 5.50. The molecule has 0 spiro atoms. The van der Waals surface area contributed by atoms with E-state index in [9.17, 15) is 14.0 Å². The molecule has 0 saturated heterocycles. The van der Waals surface area contributed by atoms with Crippen molar-refractivity contribution in [2.45, 2.75) is 33.4 Å². The Labute approximate surface area is 274 Å². The minimum absolute atomic E-state index is 0.151. The molecule has 2 aromatic heterocycles. The number of para-hydroxylation sites is 1. The summed E-state index contributed by atoms with van der Waals surface area (Å²) in [5.74, 6) is 0.278. The van der Waals surface area contributed by atoms with E-state index < -0.39 is 12.0 Å². The molecule has 11 heteroatoms. The minimum Gasteiger partial charge on any atom is -0.493 e. The Morgan fingerprint density at radius 2 is 1.68 bits per heavy atom. The van der Waals surface area contributed by atoms with E-state index in [2.05, 4.69) is 4.57 Å². The van der Waals surface area contributed by atoms with E-state index in [-0.39, 0.29) is 23.6 Å². The molecule has 9 nitrogen and oxygen atoms in total. The zero-order valence-electron chi connectivity index (χ0n) is 26.9. The van der Waals surface area contributed by atoms with Crippen molar-refractivity contribution >= 4 is 34.3 Å². The summed E-state index contributed by atoms with van der Waals surface area (Å²) in [6.07, 6.45) is 1.86. The van der Waals surface area contributed by atoms with E-state index in [1.165, 1.54) is 43.3 Å². The highest BCUT2D eigenvalue weighted by Crippen LogP contribution is 2.42. The average Bonchev–Trinajstić information content (AvgIpc) is 3.52. The van der Waals surface area contributed by atoms with Gasteiger partial charge in [-0.3, -0.25) is 9.36 Å². The van der Waals surface area contributed by atoms with Crippen LogP contribution in [-0.4, -0.2) is 43.0 Å². The van der Waals surface area contributed by atoms with Crippen molar-refractivity contribution in [1.82, 2.24) is 9.13 Å². The minimum atomic E-state index is -0.885. The summed E-state index contributed by atoms with van der Waals surface area (Å²) in [5.41, 5.74) is 4.11. The molecule has 0 N–H and O–H groups in total. The maximum absolute atomic E-state index is 14.7. The molecular formula is C36H34FN3O6S. The third-order valence-corrected chi connectivity index (χ3v) is 9.34. The summed E-state index contributed by atoms with van der Waals surface area (Å²) in [4.78, 5) is 33.0.